The minimum atomic E-state index is 0.421. The molecule has 1 heterocycles. The Hall–Kier alpha value is -1.36. The van der Waals surface area contributed by atoms with Crippen molar-refractivity contribution in [1.82, 2.24) is 9.55 Å². The van der Waals surface area contributed by atoms with E-state index in [1.165, 1.54) is 0 Å². The highest BCUT2D eigenvalue weighted by Crippen LogP contribution is 2.36. The second-order valence-corrected chi connectivity index (χ2v) is 5.85. The van der Waals surface area contributed by atoms with E-state index in [1.807, 2.05) is 41.9 Å². The maximum absolute atomic E-state index is 6.29. The monoisotopic (exact) mass is 349 g/mol. The molecule has 0 atom stereocenters. The van der Waals surface area contributed by atoms with Gasteiger partial charge in [0.1, 0.15) is 5.82 Å². The number of halogens is 2. The van der Waals surface area contributed by atoms with Crippen molar-refractivity contribution in [2.45, 2.75) is 6.54 Å². The molecule has 2 N–H and O–H groups in total. The van der Waals surface area contributed by atoms with Crippen molar-refractivity contribution in [2.24, 2.45) is 12.8 Å². The van der Waals surface area contributed by atoms with Crippen LogP contribution < -0.4 is 5.73 Å². The Labute approximate surface area is 130 Å². The Balaban J connectivity index is 2.29. The summed E-state index contributed by atoms with van der Waals surface area (Å²) in [6.45, 7) is 0.421. The normalized spacial score (nSPS) is 11.2. The first-order valence-corrected chi connectivity index (χ1v) is 7.38. The van der Waals surface area contributed by atoms with Crippen LogP contribution in [0, 0.1) is 0 Å². The van der Waals surface area contributed by atoms with Crippen molar-refractivity contribution < 1.29 is 0 Å². The number of benzene rings is 2. The SMILES string of the molecule is Cn1c(CN)nc2cc(Br)c(-c3ccccc3Cl)cc21. The Kier molecular flexibility index (Phi) is 3.54. The molecule has 2 aromatic carbocycles. The molecule has 3 nitrogen and oxygen atoms in total. The van der Waals surface area contributed by atoms with Crippen LogP contribution in [0.2, 0.25) is 5.02 Å². The minimum absolute atomic E-state index is 0.421. The van der Waals surface area contributed by atoms with Gasteiger partial charge in [-0.25, -0.2) is 4.98 Å². The third-order valence-corrected chi connectivity index (χ3v) is 4.39. The van der Waals surface area contributed by atoms with Crippen LogP contribution in [0.25, 0.3) is 22.2 Å². The zero-order valence-corrected chi connectivity index (χ0v) is 13.2. The quantitative estimate of drug-likeness (QED) is 0.755. The van der Waals surface area contributed by atoms with Crippen LogP contribution in [0.15, 0.2) is 40.9 Å². The summed E-state index contributed by atoms with van der Waals surface area (Å²) in [7, 11) is 1.97. The second-order valence-electron chi connectivity index (χ2n) is 4.59. The molecule has 102 valence electrons. The third kappa shape index (κ3) is 2.14. The first kappa shape index (κ1) is 13.6. The first-order valence-electron chi connectivity index (χ1n) is 6.21. The van der Waals surface area contributed by atoms with Gasteiger partial charge in [0.05, 0.1) is 17.6 Å². The number of rotatable bonds is 2. The molecule has 0 bridgehead atoms. The van der Waals surface area contributed by atoms with Crippen LogP contribution in [0.3, 0.4) is 0 Å². The van der Waals surface area contributed by atoms with E-state index < -0.39 is 0 Å². The van der Waals surface area contributed by atoms with E-state index in [0.29, 0.717) is 6.54 Å². The van der Waals surface area contributed by atoms with Crippen LogP contribution >= 0.6 is 27.5 Å². The van der Waals surface area contributed by atoms with Gasteiger partial charge in [0, 0.05) is 22.1 Å². The predicted molar refractivity (Wildman–Crippen MR) is 86.8 cm³/mol. The number of imidazole rings is 1. The van der Waals surface area contributed by atoms with Gasteiger partial charge in [0.2, 0.25) is 0 Å². The van der Waals surface area contributed by atoms with Crippen molar-refractivity contribution in [3.05, 3.63) is 51.7 Å². The minimum Gasteiger partial charge on any atom is -0.330 e. The van der Waals surface area contributed by atoms with E-state index in [9.17, 15) is 0 Å². The number of nitrogens with two attached hydrogens (primary N) is 1. The summed E-state index contributed by atoms with van der Waals surface area (Å²) >= 11 is 9.90. The summed E-state index contributed by atoms with van der Waals surface area (Å²) in [6.07, 6.45) is 0. The highest BCUT2D eigenvalue weighted by atomic mass is 79.9. The maximum atomic E-state index is 6.29. The van der Waals surface area contributed by atoms with Gasteiger partial charge < -0.3 is 10.3 Å². The number of aryl methyl sites for hydroxylation is 1. The summed E-state index contributed by atoms with van der Waals surface area (Å²) in [5.41, 5.74) is 9.73. The Bertz CT molecular complexity index is 795. The molecule has 20 heavy (non-hydrogen) atoms. The van der Waals surface area contributed by atoms with Crippen molar-refractivity contribution >= 4 is 38.6 Å². The molecule has 0 fully saturated rings. The molecule has 0 aliphatic carbocycles. The van der Waals surface area contributed by atoms with Gasteiger partial charge in [-0.1, -0.05) is 45.7 Å². The summed E-state index contributed by atoms with van der Waals surface area (Å²) in [5, 5.41) is 0.730. The Morgan fingerprint density at radius 1 is 1.25 bits per heavy atom. The van der Waals surface area contributed by atoms with E-state index in [1.54, 1.807) is 0 Å². The molecule has 0 radical (unpaired) electrons. The van der Waals surface area contributed by atoms with Gasteiger partial charge in [-0.2, -0.15) is 0 Å². The largest absolute Gasteiger partial charge is 0.330 e. The molecule has 3 rings (SSSR count). The van der Waals surface area contributed by atoms with Gasteiger partial charge in [-0.05, 0) is 23.8 Å². The number of aromatic nitrogens is 2. The molecule has 0 spiro atoms. The van der Waals surface area contributed by atoms with Crippen LogP contribution in [-0.4, -0.2) is 9.55 Å². The highest BCUT2D eigenvalue weighted by Gasteiger charge is 2.13. The summed E-state index contributed by atoms with van der Waals surface area (Å²) in [5.74, 6) is 0.864. The van der Waals surface area contributed by atoms with E-state index in [4.69, 9.17) is 17.3 Å². The van der Waals surface area contributed by atoms with Crippen LogP contribution in [0.1, 0.15) is 5.82 Å². The fourth-order valence-electron chi connectivity index (χ4n) is 2.33. The predicted octanol–water partition coefficient (Wildman–Crippen LogP) is 4.11. The molecular weight excluding hydrogens is 338 g/mol. The topological polar surface area (TPSA) is 43.8 Å². The van der Waals surface area contributed by atoms with Gasteiger partial charge >= 0.3 is 0 Å². The van der Waals surface area contributed by atoms with E-state index in [0.717, 1.165) is 37.5 Å². The van der Waals surface area contributed by atoms with Crippen LogP contribution in [0.4, 0.5) is 0 Å². The fourth-order valence-corrected chi connectivity index (χ4v) is 3.11. The lowest BCUT2D eigenvalue weighted by Crippen LogP contribution is -2.04. The lowest BCUT2D eigenvalue weighted by Gasteiger charge is -2.08. The molecule has 5 heteroatoms. The zero-order valence-electron chi connectivity index (χ0n) is 10.9. The number of hydrogen-bond acceptors (Lipinski definition) is 2. The molecule has 0 aliphatic rings. The number of hydrogen-bond donors (Lipinski definition) is 1. The molecule has 0 saturated heterocycles. The maximum Gasteiger partial charge on any atom is 0.123 e. The Morgan fingerprint density at radius 3 is 2.70 bits per heavy atom. The first-order chi connectivity index (χ1) is 9.61. The van der Waals surface area contributed by atoms with Crippen molar-refractivity contribution in [3.8, 4) is 11.1 Å². The smallest absolute Gasteiger partial charge is 0.123 e. The molecular formula is C15H13BrClN3. The van der Waals surface area contributed by atoms with Gasteiger partial charge in [0.15, 0.2) is 0 Å². The summed E-state index contributed by atoms with van der Waals surface area (Å²) in [4.78, 5) is 4.52. The molecule has 3 aromatic rings. The fraction of sp³-hybridized carbons (Fsp3) is 0.133. The van der Waals surface area contributed by atoms with Gasteiger partial charge in [-0.15, -0.1) is 0 Å². The number of fused-ring (bicyclic) bond motifs is 1. The van der Waals surface area contributed by atoms with Gasteiger partial charge in [0.25, 0.3) is 0 Å². The molecule has 0 saturated carbocycles. The molecule has 0 amide bonds. The van der Waals surface area contributed by atoms with E-state index in [2.05, 4.69) is 27.0 Å². The van der Waals surface area contributed by atoms with Crippen molar-refractivity contribution in [3.63, 3.8) is 0 Å². The van der Waals surface area contributed by atoms with Crippen molar-refractivity contribution in [2.75, 3.05) is 0 Å². The zero-order chi connectivity index (χ0) is 14.3. The summed E-state index contributed by atoms with van der Waals surface area (Å²) < 4.78 is 2.99. The van der Waals surface area contributed by atoms with E-state index in [-0.39, 0.29) is 0 Å². The standard InChI is InChI=1S/C15H13BrClN3/c1-20-14-6-10(9-4-2-3-5-12(9)17)11(16)7-13(14)19-15(20)8-18/h2-7H,8,18H2,1H3. The van der Waals surface area contributed by atoms with Crippen LogP contribution in [0.5, 0.6) is 0 Å². The van der Waals surface area contributed by atoms with Gasteiger partial charge in [-0.3, -0.25) is 0 Å². The average molecular weight is 351 g/mol. The second kappa shape index (κ2) is 5.20. The summed E-state index contributed by atoms with van der Waals surface area (Å²) in [6, 6.07) is 11.9. The van der Waals surface area contributed by atoms with Crippen molar-refractivity contribution in [1.29, 1.82) is 0 Å². The number of nitrogens with zero attached hydrogens (tertiary/aromatic N) is 2. The lowest BCUT2D eigenvalue weighted by atomic mass is 10.1. The van der Waals surface area contributed by atoms with Crippen LogP contribution in [-0.2, 0) is 13.6 Å². The average Bonchev–Trinajstić information content (AvgIpc) is 2.75. The van der Waals surface area contributed by atoms with E-state index >= 15 is 0 Å². The molecule has 0 aliphatic heterocycles. The third-order valence-electron chi connectivity index (χ3n) is 3.41. The Morgan fingerprint density at radius 2 is 2.00 bits per heavy atom. The highest BCUT2D eigenvalue weighted by molar-refractivity contribution is 9.10. The lowest BCUT2D eigenvalue weighted by molar-refractivity contribution is 0.813. The molecule has 0 unspecified atom stereocenters. The molecule has 1 aromatic heterocycles.